The SMILES string of the molecule is N#Cc1cccc(-c2nccc(OCC3(c4ccc([N+](=O)[O-])cc4F)CNCCO3)n2)c1. The number of non-ortho nitro benzene ring substituents is 1. The third-order valence-electron chi connectivity index (χ3n) is 5.06. The highest BCUT2D eigenvalue weighted by atomic mass is 19.1. The van der Waals surface area contributed by atoms with Crippen molar-refractivity contribution in [1.29, 1.82) is 5.26 Å². The van der Waals surface area contributed by atoms with E-state index in [-0.39, 0.29) is 30.3 Å². The van der Waals surface area contributed by atoms with Crippen LogP contribution in [-0.2, 0) is 10.3 Å². The van der Waals surface area contributed by atoms with E-state index in [2.05, 4.69) is 21.4 Å². The Morgan fingerprint density at radius 3 is 2.91 bits per heavy atom. The summed E-state index contributed by atoms with van der Waals surface area (Å²) >= 11 is 0. The summed E-state index contributed by atoms with van der Waals surface area (Å²) in [6, 6.07) is 14.0. The second-order valence-corrected chi connectivity index (χ2v) is 7.14. The summed E-state index contributed by atoms with van der Waals surface area (Å²) in [5.74, 6) is -0.130. The van der Waals surface area contributed by atoms with E-state index in [9.17, 15) is 14.5 Å². The van der Waals surface area contributed by atoms with Gasteiger partial charge in [0.15, 0.2) is 5.82 Å². The smallest absolute Gasteiger partial charge is 0.272 e. The molecule has 0 radical (unpaired) electrons. The Labute approximate surface area is 182 Å². The molecule has 9 nitrogen and oxygen atoms in total. The number of halogens is 1. The standard InChI is InChI=1S/C22H18FN5O4/c23-19-11-17(28(29)30)4-5-18(19)22(13-25-8-9-32-22)14-31-20-6-7-26-21(27-20)16-3-1-2-15(10-16)12-24/h1-7,10-11,25H,8-9,13-14H2. The lowest BCUT2D eigenvalue weighted by molar-refractivity contribution is -0.385. The predicted molar refractivity (Wildman–Crippen MR) is 111 cm³/mol. The van der Waals surface area contributed by atoms with E-state index >= 15 is 0 Å². The van der Waals surface area contributed by atoms with Crippen molar-refractivity contribution < 1.29 is 18.8 Å². The molecule has 1 aromatic heterocycles. The number of aromatic nitrogens is 2. The molecule has 2 heterocycles. The molecule has 0 saturated carbocycles. The van der Waals surface area contributed by atoms with Crippen LogP contribution in [0.1, 0.15) is 11.1 Å². The van der Waals surface area contributed by atoms with E-state index in [1.807, 2.05) is 0 Å². The highest BCUT2D eigenvalue weighted by Crippen LogP contribution is 2.32. The van der Waals surface area contributed by atoms with Gasteiger partial charge >= 0.3 is 0 Å². The number of nitro benzene ring substituents is 1. The van der Waals surface area contributed by atoms with Gasteiger partial charge in [-0.1, -0.05) is 12.1 Å². The molecular weight excluding hydrogens is 417 g/mol. The van der Waals surface area contributed by atoms with Crippen molar-refractivity contribution in [2.75, 3.05) is 26.3 Å². The first-order valence-corrected chi connectivity index (χ1v) is 9.76. The summed E-state index contributed by atoms with van der Waals surface area (Å²) in [6.07, 6.45) is 1.52. The van der Waals surface area contributed by atoms with E-state index in [1.54, 1.807) is 30.3 Å². The van der Waals surface area contributed by atoms with Gasteiger partial charge in [-0.25, -0.2) is 9.37 Å². The Morgan fingerprint density at radius 2 is 2.19 bits per heavy atom. The summed E-state index contributed by atoms with van der Waals surface area (Å²) in [7, 11) is 0. The molecular formula is C22H18FN5O4. The molecule has 1 N–H and O–H groups in total. The fourth-order valence-corrected chi connectivity index (χ4v) is 3.47. The zero-order valence-electron chi connectivity index (χ0n) is 16.8. The Morgan fingerprint density at radius 1 is 1.31 bits per heavy atom. The Kier molecular flexibility index (Phi) is 6.02. The Hall–Kier alpha value is -3.94. The number of nitriles is 1. The lowest BCUT2D eigenvalue weighted by Gasteiger charge is -2.37. The van der Waals surface area contributed by atoms with Crippen LogP contribution in [0.2, 0.25) is 0 Å². The maximum Gasteiger partial charge on any atom is 0.272 e. The van der Waals surface area contributed by atoms with Crippen molar-refractivity contribution in [1.82, 2.24) is 15.3 Å². The van der Waals surface area contributed by atoms with Crippen LogP contribution >= 0.6 is 0 Å². The molecule has 0 aliphatic carbocycles. The third kappa shape index (κ3) is 4.39. The molecule has 0 amide bonds. The summed E-state index contributed by atoms with van der Waals surface area (Å²) in [4.78, 5) is 18.9. The lowest BCUT2D eigenvalue weighted by atomic mass is 9.92. The minimum absolute atomic E-state index is 0.0799. The Bertz CT molecular complexity index is 1190. The number of nitro groups is 1. The molecule has 162 valence electrons. The minimum atomic E-state index is -1.19. The van der Waals surface area contributed by atoms with Crippen LogP contribution in [0.25, 0.3) is 11.4 Å². The summed E-state index contributed by atoms with van der Waals surface area (Å²) < 4.78 is 26.6. The van der Waals surface area contributed by atoms with Crippen LogP contribution in [0.3, 0.4) is 0 Å². The lowest BCUT2D eigenvalue weighted by Crippen LogP contribution is -2.51. The van der Waals surface area contributed by atoms with Gasteiger partial charge in [-0.2, -0.15) is 10.2 Å². The molecule has 1 aliphatic heterocycles. The van der Waals surface area contributed by atoms with E-state index in [1.165, 1.54) is 18.3 Å². The van der Waals surface area contributed by atoms with Crippen LogP contribution in [0, 0.1) is 27.3 Å². The average Bonchev–Trinajstić information content (AvgIpc) is 2.83. The van der Waals surface area contributed by atoms with Gasteiger partial charge < -0.3 is 14.8 Å². The molecule has 32 heavy (non-hydrogen) atoms. The van der Waals surface area contributed by atoms with Crippen molar-refractivity contribution in [3.05, 3.63) is 81.8 Å². The second-order valence-electron chi connectivity index (χ2n) is 7.14. The van der Waals surface area contributed by atoms with E-state index in [4.69, 9.17) is 14.7 Å². The highest BCUT2D eigenvalue weighted by molar-refractivity contribution is 5.58. The predicted octanol–water partition coefficient (Wildman–Crippen LogP) is 2.96. The van der Waals surface area contributed by atoms with Crippen molar-refractivity contribution in [3.63, 3.8) is 0 Å². The number of hydrogen-bond acceptors (Lipinski definition) is 8. The largest absolute Gasteiger partial charge is 0.474 e. The van der Waals surface area contributed by atoms with Gasteiger partial charge in [-0.3, -0.25) is 10.1 Å². The zero-order chi connectivity index (χ0) is 22.6. The van der Waals surface area contributed by atoms with Crippen LogP contribution in [0.15, 0.2) is 54.7 Å². The highest BCUT2D eigenvalue weighted by Gasteiger charge is 2.39. The van der Waals surface area contributed by atoms with Gasteiger partial charge in [0.1, 0.15) is 18.0 Å². The maximum atomic E-state index is 14.8. The maximum absolute atomic E-state index is 14.8. The van der Waals surface area contributed by atoms with Gasteiger partial charge in [0.25, 0.3) is 5.69 Å². The van der Waals surface area contributed by atoms with Crippen molar-refractivity contribution in [3.8, 4) is 23.3 Å². The molecule has 1 saturated heterocycles. The number of benzene rings is 2. The number of morpholine rings is 1. The number of ether oxygens (including phenoxy) is 2. The molecule has 0 bridgehead atoms. The van der Waals surface area contributed by atoms with Crippen molar-refractivity contribution in [2.24, 2.45) is 0 Å². The Balaban J connectivity index is 1.60. The molecule has 4 rings (SSSR count). The quantitative estimate of drug-likeness (QED) is 0.463. The first kappa shape index (κ1) is 21.3. The van der Waals surface area contributed by atoms with E-state index in [0.29, 0.717) is 30.1 Å². The minimum Gasteiger partial charge on any atom is -0.474 e. The number of rotatable bonds is 6. The molecule has 2 aromatic carbocycles. The molecule has 3 aromatic rings. The molecule has 0 spiro atoms. The van der Waals surface area contributed by atoms with Gasteiger partial charge in [-0.15, -0.1) is 0 Å². The zero-order valence-corrected chi connectivity index (χ0v) is 16.8. The summed E-state index contributed by atoms with van der Waals surface area (Å²) in [6.45, 7) is 1.08. The molecule has 1 unspecified atom stereocenters. The molecule has 1 fully saturated rings. The number of nitrogens with one attached hydrogen (secondary N) is 1. The number of hydrogen-bond donors (Lipinski definition) is 1. The monoisotopic (exact) mass is 435 g/mol. The second kappa shape index (κ2) is 9.05. The third-order valence-corrected chi connectivity index (χ3v) is 5.06. The van der Waals surface area contributed by atoms with Crippen molar-refractivity contribution >= 4 is 5.69 Å². The average molecular weight is 435 g/mol. The summed E-state index contributed by atoms with van der Waals surface area (Å²) in [5, 5.41) is 23.2. The van der Waals surface area contributed by atoms with Crippen LogP contribution in [0.4, 0.5) is 10.1 Å². The van der Waals surface area contributed by atoms with E-state index < -0.39 is 16.3 Å². The van der Waals surface area contributed by atoms with Crippen LogP contribution in [-0.4, -0.2) is 41.2 Å². The van der Waals surface area contributed by atoms with Crippen LogP contribution in [0.5, 0.6) is 5.88 Å². The molecule has 1 aliphatic rings. The fraction of sp³-hybridized carbons (Fsp3) is 0.227. The van der Waals surface area contributed by atoms with Gasteiger partial charge in [-0.05, 0) is 18.2 Å². The van der Waals surface area contributed by atoms with Gasteiger partial charge in [0, 0.05) is 42.5 Å². The van der Waals surface area contributed by atoms with Crippen molar-refractivity contribution in [2.45, 2.75) is 5.60 Å². The fourth-order valence-electron chi connectivity index (χ4n) is 3.47. The number of nitrogens with zero attached hydrogens (tertiary/aromatic N) is 4. The van der Waals surface area contributed by atoms with E-state index in [0.717, 1.165) is 6.07 Å². The first-order chi connectivity index (χ1) is 15.5. The molecule has 1 atom stereocenters. The van der Waals surface area contributed by atoms with Gasteiger partial charge in [0.05, 0.1) is 29.2 Å². The molecule has 10 heteroatoms. The summed E-state index contributed by atoms with van der Waals surface area (Å²) in [5.41, 5.74) is -0.242. The normalized spacial score (nSPS) is 18.0. The first-order valence-electron chi connectivity index (χ1n) is 9.76. The van der Waals surface area contributed by atoms with Crippen LogP contribution < -0.4 is 10.1 Å². The van der Waals surface area contributed by atoms with Gasteiger partial charge in [0.2, 0.25) is 5.88 Å². The topological polar surface area (TPSA) is 123 Å².